The van der Waals surface area contributed by atoms with Crippen molar-refractivity contribution in [3.63, 3.8) is 0 Å². The molecule has 4 nitrogen and oxygen atoms in total. The standard InChI is InChI=1S/C14H13Cl2NO3/c1-17-6-2-3-12(17)14(18)20-8-7-19-13-5-4-10(15)9-11(13)16/h2-6,9H,7-8H2,1H3. The van der Waals surface area contributed by atoms with Crippen LogP contribution >= 0.6 is 23.2 Å². The Balaban J connectivity index is 1.79. The van der Waals surface area contributed by atoms with Crippen molar-refractivity contribution in [1.29, 1.82) is 0 Å². The predicted octanol–water partition coefficient (Wildman–Crippen LogP) is 3.57. The first-order valence-corrected chi connectivity index (χ1v) is 6.70. The molecule has 0 N–H and O–H groups in total. The van der Waals surface area contributed by atoms with E-state index in [1.165, 1.54) is 0 Å². The van der Waals surface area contributed by atoms with E-state index in [2.05, 4.69) is 0 Å². The van der Waals surface area contributed by atoms with Crippen LogP contribution in [0.2, 0.25) is 10.0 Å². The van der Waals surface area contributed by atoms with Crippen LogP contribution in [0, 0.1) is 0 Å². The Labute approximate surface area is 126 Å². The lowest BCUT2D eigenvalue weighted by molar-refractivity contribution is 0.0439. The van der Waals surface area contributed by atoms with Crippen LogP contribution in [0.3, 0.4) is 0 Å². The summed E-state index contributed by atoms with van der Waals surface area (Å²) in [5.74, 6) is 0.120. The number of hydrogen-bond donors (Lipinski definition) is 0. The summed E-state index contributed by atoms with van der Waals surface area (Å²) in [5.41, 5.74) is 0.495. The molecule has 2 rings (SSSR count). The lowest BCUT2D eigenvalue weighted by atomic mass is 10.3. The number of rotatable bonds is 5. The summed E-state index contributed by atoms with van der Waals surface area (Å²) in [6.45, 7) is 0.362. The first-order valence-electron chi connectivity index (χ1n) is 5.94. The van der Waals surface area contributed by atoms with Crippen LogP contribution in [0.25, 0.3) is 0 Å². The van der Waals surface area contributed by atoms with Gasteiger partial charge in [0.05, 0.1) is 5.02 Å². The van der Waals surface area contributed by atoms with E-state index < -0.39 is 0 Å². The van der Waals surface area contributed by atoms with Crippen LogP contribution in [0.15, 0.2) is 36.5 Å². The Kier molecular flexibility index (Phi) is 4.93. The fourth-order valence-corrected chi connectivity index (χ4v) is 2.09. The summed E-state index contributed by atoms with van der Waals surface area (Å²) in [7, 11) is 1.78. The molecule has 106 valence electrons. The Morgan fingerprint density at radius 3 is 2.70 bits per heavy atom. The molecule has 0 aliphatic heterocycles. The lowest BCUT2D eigenvalue weighted by Crippen LogP contribution is -2.14. The lowest BCUT2D eigenvalue weighted by Gasteiger charge is -2.09. The number of carbonyl (C=O) groups excluding carboxylic acids is 1. The zero-order chi connectivity index (χ0) is 14.5. The minimum Gasteiger partial charge on any atom is -0.488 e. The highest BCUT2D eigenvalue weighted by molar-refractivity contribution is 6.35. The van der Waals surface area contributed by atoms with Crippen molar-refractivity contribution in [1.82, 2.24) is 4.57 Å². The molecule has 0 radical (unpaired) electrons. The summed E-state index contributed by atoms with van der Waals surface area (Å²) in [5, 5.41) is 0.962. The number of nitrogens with zero attached hydrogens (tertiary/aromatic N) is 1. The topological polar surface area (TPSA) is 40.5 Å². The molecular formula is C14H13Cl2NO3. The number of carbonyl (C=O) groups is 1. The summed E-state index contributed by atoms with van der Waals surface area (Å²) in [6, 6.07) is 8.41. The van der Waals surface area contributed by atoms with E-state index in [9.17, 15) is 4.79 Å². The third-order valence-electron chi connectivity index (χ3n) is 2.62. The highest BCUT2D eigenvalue weighted by Crippen LogP contribution is 2.27. The van der Waals surface area contributed by atoms with Gasteiger partial charge in [0.1, 0.15) is 24.7 Å². The summed E-state index contributed by atoms with van der Waals surface area (Å²) in [4.78, 5) is 11.7. The molecule has 0 aliphatic carbocycles. The molecule has 0 unspecified atom stereocenters. The van der Waals surface area contributed by atoms with Crippen LogP contribution in [-0.4, -0.2) is 23.8 Å². The minimum absolute atomic E-state index is 0.142. The van der Waals surface area contributed by atoms with E-state index in [1.807, 2.05) is 0 Å². The molecule has 20 heavy (non-hydrogen) atoms. The van der Waals surface area contributed by atoms with Gasteiger partial charge in [-0.3, -0.25) is 0 Å². The number of hydrogen-bond acceptors (Lipinski definition) is 3. The zero-order valence-electron chi connectivity index (χ0n) is 10.8. The molecule has 2 aromatic rings. The van der Waals surface area contributed by atoms with Gasteiger partial charge in [-0.15, -0.1) is 0 Å². The molecule has 0 bridgehead atoms. The highest BCUT2D eigenvalue weighted by Gasteiger charge is 2.10. The fourth-order valence-electron chi connectivity index (χ4n) is 1.63. The smallest absolute Gasteiger partial charge is 0.355 e. The minimum atomic E-state index is -0.386. The second-order valence-electron chi connectivity index (χ2n) is 4.06. The van der Waals surface area contributed by atoms with Crippen LogP contribution in [0.1, 0.15) is 10.5 Å². The van der Waals surface area contributed by atoms with Gasteiger partial charge in [0.15, 0.2) is 0 Å². The molecule has 0 aliphatic rings. The monoisotopic (exact) mass is 313 g/mol. The van der Waals surface area contributed by atoms with Gasteiger partial charge in [0.25, 0.3) is 0 Å². The van der Waals surface area contributed by atoms with E-state index in [-0.39, 0.29) is 19.2 Å². The third kappa shape index (κ3) is 3.68. The van der Waals surface area contributed by atoms with Crippen LogP contribution in [0.4, 0.5) is 0 Å². The number of ether oxygens (including phenoxy) is 2. The molecule has 1 heterocycles. The highest BCUT2D eigenvalue weighted by atomic mass is 35.5. The maximum absolute atomic E-state index is 11.7. The summed E-state index contributed by atoms with van der Waals surface area (Å²) in [6.07, 6.45) is 1.78. The number of aromatic nitrogens is 1. The summed E-state index contributed by atoms with van der Waals surface area (Å²) >= 11 is 11.7. The van der Waals surface area contributed by atoms with Gasteiger partial charge in [0, 0.05) is 18.3 Å². The molecule has 1 aromatic heterocycles. The van der Waals surface area contributed by atoms with Crippen molar-refractivity contribution in [2.24, 2.45) is 7.05 Å². The Morgan fingerprint density at radius 2 is 2.05 bits per heavy atom. The van der Waals surface area contributed by atoms with Crippen molar-refractivity contribution >= 4 is 29.2 Å². The van der Waals surface area contributed by atoms with E-state index in [1.54, 1.807) is 48.1 Å². The average Bonchev–Trinajstić information content (AvgIpc) is 2.83. The van der Waals surface area contributed by atoms with E-state index in [0.29, 0.717) is 21.5 Å². The van der Waals surface area contributed by atoms with E-state index >= 15 is 0 Å². The maximum atomic E-state index is 11.7. The average molecular weight is 314 g/mol. The van der Waals surface area contributed by atoms with Gasteiger partial charge in [-0.2, -0.15) is 0 Å². The molecule has 0 spiro atoms. The Hall–Kier alpha value is -1.65. The SMILES string of the molecule is Cn1cccc1C(=O)OCCOc1ccc(Cl)cc1Cl. The van der Waals surface area contributed by atoms with E-state index in [4.69, 9.17) is 32.7 Å². The van der Waals surface area contributed by atoms with Crippen molar-refractivity contribution in [3.8, 4) is 5.75 Å². The first kappa shape index (κ1) is 14.8. The maximum Gasteiger partial charge on any atom is 0.355 e. The molecule has 0 amide bonds. The van der Waals surface area contributed by atoms with Crippen LogP contribution in [-0.2, 0) is 11.8 Å². The normalized spacial score (nSPS) is 10.3. The first-order chi connectivity index (χ1) is 9.58. The predicted molar refractivity (Wildman–Crippen MR) is 77.7 cm³/mol. The van der Waals surface area contributed by atoms with Gasteiger partial charge in [-0.05, 0) is 30.3 Å². The van der Waals surface area contributed by atoms with Crippen LogP contribution in [0.5, 0.6) is 5.75 Å². The number of benzene rings is 1. The van der Waals surface area contributed by atoms with Gasteiger partial charge in [-0.1, -0.05) is 23.2 Å². The molecule has 0 saturated heterocycles. The Bertz CT molecular complexity index is 610. The van der Waals surface area contributed by atoms with Gasteiger partial charge < -0.3 is 14.0 Å². The largest absolute Gasteiger partial charge is 0.488 e. The number of aryl methyl sites for hydroxylation is 1. The molecular weight excluding hydrogens is 301 g/mol. The van der Waals surface area contributed by atoms with Gasteiger partial charge >= 0.3 is 5.97 Å². The van der Waals surface area contributed by atoms with Gasteiger partial charge in [0.2, 0.25) is 0 Å². The van der Waals surface area contributed by atoms with E-state index in [0.717, 1.165) is 0 Å². The zero-order valence-corrected chi connectivity index (χ0v) is 12.3. The summed E-state index contributed by atoms with van der Waals surface area (Å²) < 4.78 is 12.2. The van der Waals surface area contributed by atoms with Crippen molar-refractivity contribution < 1.29 is 14.3 Å². The van der Waals surface area contributed by atoms with Crippen molar-refractivity contribution in [2.45, 2.75) is 0 Å². The molecule has 1 aromatic carbocycles. The molecule has 6 heteroatoms. The number of esters is 1. The third-order valence-corrected chi connectivity index (χ3v) is 3.15. The van der Waals surface area contributed by atoms with Crippen molar-refractivity contribution in [2.75, 3.05) is 13.2 Å². The number of halogens is 2. The fraction of sp³-hybridized carbons (Fsp3) is 0.214. The van der Waals surface area contributed by atoms with Crippen LogP contribution < -0.4 is 4.74 Å². The second kappa shape index (κ2) is 6.68. The molecule has 0 fully saturated rings. The molecule has 0 atom stereocenters. The quantitative estimate of drug-likeness (QED) is 0.626. The van der Waals surface area contributed by atoms with Gasteiger partial charge in [-0.25, -0.2) is 4.79 Å². The molecule has 0 saturated carbocycles. The Morgan fingerprint density at radius 1 is 1.25 bits per heavy atom. The second-order valence-corrected chi connectivity index (χ2v) is 4.91. The van der Waals surface area contributed by atoms with Crippen molar-refractivity contribution in [3.05, 3.63) is 52.3 Å².